The van der Waals surface area contributed by atoms with Crippen molar-refractivity contribution in [3.8, 4) is 0 Å². The quantitative estimate of drug-likeness (QED) is 0.788. The lowest BCUT2D eigenvalue weighted by Crippen LogP contribution is -2.23. The molecule has 1 aromatic rings. The molecule has 0 N–H and O–H groups in total. The van der Waals surface area contributed by atoms with Crippen LogP contribution in [0.15, 0.2) is 6.33 Å². The second-order valence-electron chi connectivity index (χ2n) is 4.34. The molecular weight excluding hydrogens is 256 g/mol. The van der Waals surface area contributed by atoms with Gasteiger partial charge in [-0.15, -0.1) is 0 Å². The first-order chi connectivity index (χ1) is 7.16. The number of halogens is 1. The molecule has 1 aliphatic heterocycles. The predicted octanol–water partition coefficient (Wildman–Crippen LogP) is 1.83. The van der Waals surface area contributed by atoms with Crippen molar-refractivity contribution in [3.63, 3.8) is 0 Å². The number of aromatic nitrogens is 3. The summed E-state index contributed by atoms with van der Waals surface area (Å²) in [6.45, 7) is 7.46. The molecule has 0 aromatic carbocycles. The van der Waals surface area contributed by atoms with E-state index in [1.807, 2.05) is 4.68 Å². The summed E-state index contributed by atoms with van der Waals surface area (Å²) in [5.74, 6) is 1.08. The van der Waals surface area contributed by atoms with Gasteiger partial charge in [0.25, 0.3) is 0 Å². The van der Waals surface area contributed by atoms with Gasteiger partial charge in [-0.1, -0.05) is 15.9 Å². The van der Waals surface area contributed by atoms with Crippen molar-refractivity contribution < 1.29 is 0 Å². The number of hydrogen-bond acceptors (Lipinski definition) is 3. The molecular formula is C10H17BrN4. The van der Waals surface area contributed by atoms with Crippen LogP contribution in [0.3, 0.4) is 0 Å². The van der Waals surface area contributed by atoms with Crippen molar-refractivity contribution in [2.24, 2.45) is 0 Å². The fourth-order valence-corrected chi connectivity index (χ4v) is 2.56. The highest BCUT2D eigenvalue weighted by atomic mass is 79.9. The molecule has 1 unspecified atom stereocenters. The third kappa shape index (κ3) is 2.58. The van der Waals surface area contributed by atoms with E-state index in [0.29, 0.717) is 10.9 Å². The summed E-state index contributed by atoms with van der Waals surface area (Å²) in [4.78, 5) is 7.39. The summed E-state index contributed by atoms with van der Waals surface area (Å²) >= 11 is 3.65. The Kier molecular flexibility index (Phi) is 3.41. The third-order valence-electron chi connectivity index (χ3n) is 2.72. The number of alkyl halides is 1. The highest BCUT2D eigenvalue weighted by molar-refractivity contribution is 9.09. The van der Waals surface area contributed by atoms with E-state index in [1.165, 1.54) is 6.42 Å². The summed E-state index contributed by atoms with van der Waals surface area (Å²) in [7, 11) is 0. The minimum atomic E-state index is 0.393. The third-order valence-corrected chi connectivity index (χ3v) is 3.46. The summed E-state index contributed by atoms with van der Waals surface area (Å²) in [6.07, 6.45) is 2.88. The van der Waals surface area contributed by atoms with E-state index in [-0.39, 0.29) is 0 Å². The van der Waals surface area contributed by atoms with Crippen LogP contribution in [0.5, 0.6) is 0 Å². The predicted molar refractivity (Wildman–Crippen MR) is 63.0 cm³/mol. The molecule has 0 amide bonds. The second kappa shape index (κ2) is 4.61. The van der Waals surface area contributed by atoms with Crippen LogP contribution in [0.25, 0.3) is 0 Å². The largest absolute Gasteiger partial charge is 0.295 e. The Labute approximate surface area is 98.8 Å². The zero-order valence-corrected chi connectivity index (χ0v) is 10.8. The van der Waals surface area contributed by atoms with E-state index in [4.69, 9.17) is 0 Å². The van der Waals surface area contributed by atoms with E-state index in [9.17, 15) is 0 Å². The van der Waals surface area contributed by atoms with E-state index in [2.05, 4.69) is 44.8 Å². The molecule has 2 rings (SSSR count). The van der Waals surface area contributed by atoms with Crippen LogP contribution in [0.4, 0.5) is 0 Å². The molecule has 5 heteroatoms. The van der Waals surface area contributed by atoms with Gasteiger partial charge in [-0.05, 0) is 26.8 Å². The molecule has 0 bridgehead atoms. The van der Waals surface area contributed by atoms with Crippen molar-refractivity contribution in [2.75, 3.05) is 13.1 Å². The Balaban J connectivity index is 2.01. The summed E-state index contributed by atoms with van der Waals surface area (Å²) in [5.41, 5.74) is 0. The molecule has 0 aliphatic carbocycles. The average molecular weight is 273 g/mol. The Hall–Kier alpha value is -0.420. The maximum Gasteiger partial charge on any atom is 0.141 e. The van der Waals surface area contributed by atoms with E-state index >= 15 is 0 Å². The highest BCUT2D eigenvalue weighted by Crippen LogP contribution is 2.18. The molecule has 2 heterocycles. The first kappa shape index (κ1) is 11.1. The number of hydrogen-bond donors (Lipinski definition) is 0. The summed E-state index contributed by atoms with van der Waals surface area (Å²) in [6, 6.07) is 0.393. The molecule has 0 saturated carbocycles. The molecule has 1 aromatic heterocycles. The van der Waals surface area contributed by atoms with E-state index < -0.39 is 0 Å². The fourth-order valence-electron chi connectivity index (χ4n) is 1.95. The lowest BCUT2D eigenvalue weighted by Gasteiger charge is -2.16. The molecule has 0 radical (unpaired) electrons. The Bertz CT molecular complexity index is 323. The van der Waals surface area contributed by atoms with Gasteiger partial charge >= 0.3 is 0 Å². The van der Waals surface area contributed by atoms with Gasteiger partial charge in [0, 0.05) is 17.4 Å². The zero-order chi connectivity index (χ0) is 10.8. The van der Waals surface area contributed by atoms with Gasteiger partial charge in [0.2, 0.25) is 0 Å². The maximum absolute atomic E-state index is 4.32. The molecule has 1 saturated heterocycles. The van der Waals surface area contributed by atoms with Gasteiger partial charge in [-0.3, -0.25) is 4.90 Å². The van der Waals surface area contributed by atoms with Gasteiger partial charge in [0.15, 0.2) is 0 Å². The number of rotatable bonds is 3. The van der Waals surface area contributed by atoms with Crippen molar-refractivity contribution in [3.05, 3.63) is 12.2 Å². The van der Waals surface area contributed by atoms with Gasteiger partial charge in [-0.2, -0.15) is 5.10 Å². The van der Waals surface area contributed by atoms with Gasteiger partial charge in [0.05, 0.1) is 6.54 Å². The first-order valence-corrected chi connectivity index (χ1v) is 6.33. The molecule has 84 valence electrons. The summed E-state index contributed by atoms with van der Waals surface area (Å²) < 4.78 is 2.00. The van der Waals surface area contributed by atoms with Crippen LogP contribution in [-0.4, -0.2) is 37.6 Å². The number of likely N-dealkylation sites (tertiary alicyclic amines) is 1. The van der Waals surface area contributed by atoms with Crippen molar-refractivity contribution >= 4 is 15.9 Å². The minimum absolute atomic E-state index is 0.393. The van der Waals surface area contributed by atoms with Gasteiger partial charge in [0.1, 0.15) is 12.2 Å². The zero-order valence-electron chi connectivity index (χ0n) is 9.23. The van der Waals surface area contributed by atoms with Crippen molar-refractivity contribution in [1.82, 2.24) is 19.7 Å². The minimum Gasteiger partial charge on any atom is -0.295 e. The van der Waals surface area contributed by atoms with Crippen LogP contribution < -0.4 is 0 Å². The van der Waals surface area contributed by atoms with Crippen LogP contribution in [0, 0.1) is 0 Å². The highest BCUT2D eigenvalue weighted by Gasteiger charge is 2.21. The smallest absolute Gasteiger partial charge is 0.141 e. The molecule has 0 spiro atoms. The van der Waals surface area contributed by atoms with E-state index in [1.54, 1.807) is 6.33 Å². The Morgan fingerprint density at radius 2 is 2.40 bits per heavy atom. The molecule has 4 nitrogen and oxygen atoms in total. The monoisotopic (exact) mass is 272 g/mol. The summed E-state index contributed by atoms with van der Waals surface area (Å²) in [5, 5.41) is 4.24. The Morgan fingerprint density at radius 3 is 3.00 bits per heavy atom. The Morgan fingerprint density at radius 1 is 1.60 bits per heavy atom. The first-order valence-electron chi connectivity index (χ1n) is 5.41. The molecule has 1 fully saturated rings. The molecule has 1 atom stereocenters. The SMILES string of the molecule is CC(C)n1ncnc1CN1CCC(Br)C1. The van der Waals surface area contributed by atoms with Crippen molar-refractivity contribution in [2.45, 2.75) is 37.7 Å². The van der Waals surface area contributed by atoms with Crippen molar-refractivity contribution in [1.29, 1.82) is 0 Å². The topological polar surface area (TPSA) is 34.0 Å². The normalized spacial score (nSPS) is 22.8. The molecule has 15 heavy (non-hydrogen) atoms. The van der Waals surface area contributed by atoms with Gasteiger partial charge < -0.3 is 0 Å². The number of nitrogens with zero attached hydrogens (tertiary/aromatic N) is 4. The standard InChI is InChI=1S/C10H17BrN4/c1-8(2)15-10(12-7-13-15)6-14-4-3-9(11)5-14/h7-9H,3-6H2,1-2H3. The average Bonchev–Trinajstić information content (AvgIpc) is 2.75. The van der Waals surface area contributed by atoms with Crippen LogP contribution >= 0.6 is 15.9 Å². The second-order valence-corrected chi connectivity index (χ2v) is 5.63. The van der Waals surface area contributed by atoms with E-state index in [0.717, 1.165) is 25.5 Å². The maximum atomic E-state index is 4.32. The lowest BCUT2D eigenvalue weighted by atomic mass is 10.4. The van der Waals surface area contributed by atoms with Crippen LogP contribution in [0.2, 0.25) is 0 Å². The van der Waals surface area contributed by atoms with Gasteiger partial charge in [-0.25, -0.2) is 9.67 Å². The van der Waals surface area contributed by atoms with Crippen LogP contribution in [-0.2, 0) is 6.54 Å². The lowest BCUT2D eigenvalue weighted by molar-refractivity contribution is 0.310. The molecule has 1 aliphatic rings. The fraction of sp³-hybridized carbons (Fsp3) is 0.800. The van der Waals surface area contributed by atoms with Crippen LogP contribution in [0.1, 0.15) is 32.1 Å².